The lowest BCUT2D eigenvalue weighted by Crippen LogP contribution is -3.00. The highest BCUT2D eigenvalue weighted by Gasteiger charge is 2.20. The van der Waals surface area contributed by atoms with Gasteiger partial charge in [-0.05, 0) is 29.7 Å². The predicted molar refractivity (Wildman–Crippen MR) is 154 cm³/mol. The molecule has 0 N–H and O–H groups in total. The highest BCUT2D eigenvalue weighted by Crippen LogP contribution is 2.29. The molecule has 0 spiro atoms. The predicted octanol–water partition coefficient (Wildman–Crippen LogP) is 4.29. The number of methoxy groups -OCH3 is 1. The van der Waals surface area contributed by atoms with Crippen LogP contribution in [0.4, 0.5) is 4.79 Å². The van der Waals surface area contributed by atoms with E-state index in [9.17, 15) is 9.59 Å². The molecule has 8 heteroatoms. The zero-order valence-corrected chi connectivity index (χ0v) is 27.1. The van der Waals surface area contributed by atoms with Crippen LogP contribution >= 0.6 is 0 Å². The molecule has 40 heavy (non-hydrogen) atoms. The Balaban J connectivity index is 0.00000800. The first-order valence-electron chi connectivity index (χ1n) is 14.6. The standard InChI is InChI=1S/C32H49N2O5.HI/c1-5-6-7-8-9-10-11-12-13-14-15-16-23-38-30-18-17-29(24-31(30)37-4)26-39-32(36)34(27(2)35)25-28-19-21-33(3)22-20-28;/h17-22,24H,5-16,23,25-26H2,1-4H3;1H/q+1;/p-1. The van der Waals surface area contributed by atoms with E-state index < -0.39 is 6.09 Å². The van der Waals surface area contributed by atoms with Gasteiger partial charge in [0, 0.05) is 19.1 Å². The molecule has 2 rings (SSSR count). The third-order valence-corrected chi connectivity index (χ3v) is 6.83. The molecule has 0 bridgehead atoms. The van der Waals surface area contributed by atoms with Crippen LogP contribution in [0.2, 0.25) is 0 Å². The molecule has 0 aliphatic rings. The van der Waals surface area contributed by atoms with Crippen LogP contribution in [0, 0.1) is 0 Å². The van der Waals surface area contributed by atoms with Crippen LogP contribution in [0.5, 0.6) is 11.5 Å². The molecule has 0 saturated carbocycles. The quantitative estimate of drug-likeness (QED) is 0.127. The van der Waals surface area contributed by atoms with Gasteiger partial charge in [-0.2, -0.15) is 0 Å². The monoisotopic (exact) mass is 668 g/mol. The van der Waals surface area contributed by atoms with Crippen molar-refractivity contribution in [3.05, 3.63) is 53.9 Å². The van der Waals surface area contributed by atoms with Gasteiger partial charge in [0.15, 0.2) is 23.9 Å². The molecule has 2 amide bonds. The molecular weight excluding hydrogens is 619 g/mol. The fourth-order valence-corrected chi connectivity index (χ4v) is 4.39. The molecule has 1 aromatic carbocycles. The van der Waals surface area contributed by atoms with Gasteiger partial charge in [0.05, 0.1) is 20.3 Å². The number of rotatable bonds is 19. The molecule has 0 atom stereocenters. The maximum absolute atomic E-state index is 12.6. The number of pyridine rings is 1. The number of benzene rings is 1. The Bertz CT molecular complexity index is 984. The second kappa shape index (κ2) is 21.4. The second-order valence-electron chi connectivity index (χ2n) is 10.3. The summed E-state index contributed by atoms with van der Waals surface area (Å²) in [5.74, 6) is 0.911. The smallest absolute Gasteiger partial charge is 0.417 e. The number of nitrogens with zero attached hydrogens (tertiary/aromatic N) is 2. The SMILES string of the molecule is CCCCCCCCCCCCCCOc1ccc(COC(=O)N(Cc2cc[n+](C)cc2)C(C)=O)cc1OC.[I-]. The van der Waals surface area contributed by atoms with Crippen molar-refractivity contribution >= 4 is 12.0 Å². The number of imide groups is 1. The summed E-state index contributed by atoms with van der Waals surface area (Å²) in [5.41, 5.74) is 1.60. The first-order valence-corrected chi connectivity index (χ1v) is 14.6. The molecule has 0 saturated heterocycles. The number of hydrogen-bond acceptors (Lipinski definition) is 5. The fraction of sp³-hybridized carbons (Fsp3) is 0.594. The molecule has 0 radical (unpaired) electrons. The topological polar surface area (TPSA) is 69.0 Å². The van der Waals surface area contributed by atoms with Crippen molar-refractivity contribution in [2.75, 3.05) is 13.7 Å². The van der Waals surface area contributed by atoms with E-state index in [1.54, 1.807) is 13.2 Å². The van der Waals surface area contributed by atoms with E-state index >= 15 is 0 Å². The van der Waals surface area contributed by atoms with Crippen LogP contribution in [0.15, 0.2) is 42.7 Å². The lowest BCUT2D eigenvalue weighted by Gasteiger charge is -2.19. The van der Waals surface area contributed by atoms with Crippen LogP contribution in [0.1, 0.15) is 102 Å². The summed E-state index contributed by atoms with van der Waals surface area (Å²) < 4.78 is 18.8. The van der Waals surface area contributed by atoms with Crippen LogP contribution in [-0.2, 0) is 29.7 Å². The molecular formula is C32H49IN2O5. The van der Waals surface area contributed by atoms with Crippen molar-refractivity contribution in [1.29, 1.82) is 0 Å². The Morgan fingerprint density at radius 1 is 0.800 bits per heavy atom. The number of halogens is 1. The summed E-state index contributed by atoms with van der Waals surface area (Å²) in [5, 5.41) is 0. The third-order valence-electron chi connectivity index (χ3n) is 6.83. The summed E-state index contributed by atoms with van der Waals surface area (Å²) in [6.07, 6.45) is 18.7. The van der Waals surface area contributed by atoms with E-state index in [2.05, 4.69) is 6.92 Å². The van der Waals surface area contributed by atoms with Crippen molar-refractivity contribution in [3.8, 4) is 11.5 Å². The number of carbonyl (C=O) groups excluding carboxylic acids is 2. The number of carbonyl (C=O) groups is 2. The van der Waals surface area contributed by atoms with Gasteiger partial charge < -0.3 is 38.2 Å². The number of hydrogen-bond donors (Lipinski definition) is 0. The first kappa shape index (κ1) is 35.7. The summed E-state index contributed by atoms with van der Waals surface area (Å²) in [6.45, 7) is 4.45. The van der Waals surface area contributed by atoms with E-state index in [0.717, 1.165) is 22.4 Å². The van der Waals surface area contributed by atoms with Gasteiger partial charge in [-0.25, -0.2) is 14.3 Å². The zero-order valence-electron chi connectivity index (χ0n) is 25.0. The Kier molecular flexibility index (Phi) is 19.1. The lowest BCUT2D eigenvalue weighted by molar-refractivity contribution is -0.671. The summed E-state index contributed by atoms with van der Waals surface area (Å²) in [7, 11) is 3.50. The Morgan fingerprint density at radius 2 is 1.38 bits per heavy atom. The largest absolute Gasteiger partial charge is 1.00 e. The number of unbranched alkanes of at least 4 members (excludes halogenated alkanes) is 11. The molecule has 0 aliphatic carbocycles. The van der Waals surface area contributed by atoms with Gasteiger partial charge in [-0.3, -0.25) is 4.79 Å². The van der Waals surface area contributed by atoms with E-state index in [4.69, 9.17) is 14.2 Å². The molecule has 2 aromatic rings. The lowest BCUT2D eigenvalue weighted by atomic mass is 10.1. The van der Waals surface area contributed by atoms with E-state index in [-0.39, 0.29) is 43.0 Å². The molecule has 1 heterocycles. The molecule has 224 valence electrons. The zero-order chi connectivity index (χ0) is 28.3. The van der Waals surface area contributed by atoms with Crippen LogP contribution in [0.3, 0.4) is 0 Å². The van der Waals surface area contributed by atoms with Gasteiger partial charge >= 0.3 is 6.09 Å². The minimum absolute atomic E-state index is 0. The summed E-state index contributed by atoms with van der Waals surface area (Å²) in [4.78, 5) is 25.8. The average molecular weight is 669 g/mol. The maximum atomic E-state index is 12.6. The minimum Gasteiger partial charge on any atom is -1.00 e. The molecule has 0 fully saturated rings. The summed E-state index contributed by atoms with van der Waals surface area (Å²) >= 11 is 0. The first-order chi connectivity index (χ1) is 18.9. The van der Waals surface area contributed by atoms with E-state index in [1.807, 2.05) is 48.3 Å². The molecule has 7 nitrogen and oxygen atoms in total. The highest BCUT2D eigenvalue weighted by molar-refractivity contribution is 5.90. The fourth-order valence-electron chi connectivity index (χ4n) is 4.39. The Labute approximate surface area is 258 Å². The molecule has 1 aromatic heterocycles. The van der Waals surface area contributed by atoms with E-state index in [1.165, 1.54) is 77.6 Å². The summed E-state index contributed by atoms with van der Waals surface area (Å²) in [6, 6.07) is 9.23. The van der Waals surface area contributed by atoms with Crippen LogP contribution < -0.4 is 38.0 Å². The van der Waals surface area contributed by atoms with Crippen LogP contribution in [-0.4, -0.2) is 30.6 Å². The van der Waals surface area contributed by atoms with Crippen molar-refractivity contribution in [2.45, 2.75) is 104 Å². The number of aromatic nitrogens is 1. The van der Waals surface area contributed by atoms with Gasteiger partial charge in [-0.15, -0.1) is 0 Å². The van der Waals surface area contributed by atoms with Gasteiger partial charge in [-0.1, -0.05) is 83.6 Å². The maximum Gasteiger partial charge on any atom is 0.417 e. The Morgan fingerprint density at radius 3 is 1.93 bits per heavy atom. The normalized spacial score (nSPS) is 10.5. The van der Waals surface area contributed by atoms with Gasteiger partial charge in [0.25, 0.3) is 0 Å². The van der Waals surface area contributed by atoms with Crippen LogP contribution in [0.25, 0.3) is 0 Å². The minimum atomic E-state index is -0.679. The van der Waals surface area contributed by atoms with Crippen molar-refractivity contribution in [2.24, 2.45) is 7.05 Å². The average Bonchev–Trinajstić information content (AvgIpc) is 2.94. The molecule has 0 unspecified atom stereocenters. The Hall–Kier alpha value is -2.36. The highest BCUT2D eigenvalue weighted by atomic mass is 127. The van der Waals surface area contributed by atoms with Gasteiger partial charge in [0.1, 0.15) is 13.7 Å². The number of aryl methyl sites for hydroxylation is 1. The van der Waals surface area contributed by atoms with Crippen molar-refractivity contribution in [1.82, 2.24) is 4.90 Å². The third kappa shape index (κ3) is 14.3. The van der Waals surface area contributed by atoms with Crippen molar-refractivity contribution in [3.63, 3.8) is 0 Å². The molecule has 0 aliphatic heterocycles. The van der Waals surface area contributed by atoms with E-state index in [0.29, 0.717) is 18.1 Å². The van der Waals surface area contributed by atoms with Gasteiger partial charge in [0.2, 0.25) is 5.91 Å². The number of amides is 2. The second-order valence-corrected chi connectivity index (χ2v) is 10.3. The number of ether oxygens (including phenoxy) is 3. The van der Waals surface area contributed by atoms with Crippen molar-refractivity contribution < 1.29 is 52.3 Å².